The van der Waals surface area contributed by atoms with Crippen molar-refractivity contribution in [3.05, 3.63) is 35.9 Å². The Kier molecular flexibility index (Phi) is 10.8. The maximum Gasteiger partial charge on any atom is 0.408 e. The Morgan fingerprint density at radius 2 is 1.71 bits per heavy atom. The summed E-state index contributed by atoms with van der Waals surface area (Å²) in [6, 6.07) is 7.66. The first-order chi connectivity index (χ1) is 16.0. The summed E-state index contributed by atoms with van der Waals surface area (Å²) in [6.07, 6.45) is -0.408. The topological polar surface area (TPSA) is 106 Å². The van der Waals surface area contributed by atoms with E-state index in [1.807, 2.05) is 44.2 Å². The van der Waals surface area contributed by atoms with Gasteiger partial charge in [-0.05, 0) is 32.3 Å². The molecular formula is C25H39N3O6. The third-order valence-corrected chi connectivity index (χ3v) is 5.26. The zero-order chi connectivity index (χ0) is 25.1. The number of rotatable bonds is 10. The van der Waals surface area contributed by atoms with E-state index in [-0.39, 0.29) is 18.9 Å². The molecule has 9 heteroatoms. The lowest BCUT2D eigenvalue weighted by Gasteiger charge is -2.28. The number of alkyl carbamates (subject to hydrolysis) is 1. The predicted octanol–water partition coefficient (Wildman–Crippen LogP) is 2.14. The van der Waals surface area contributed by atoms with E-state index in [2.05, 4.69) is 15.5 Å². The second kappa shape index (κ2) is 13.3. The Balaban J connectivity index is 2.03. The van der Waals surface area contributed by atoms with Crippen molar-refractivity contribution in [1.82, 2.24) is 15.5 Å². The Morgan fingerprint density at radius 1 is 1.06 bits per heavy atom. The fourth-order valence-electron chi connectivity index (χ4n) is 3.47. The van der Waals surface area contributed by atoms with E-state index < -0.39 is 35.7 Å². The second-order valence-corrected chi connectivity index (χ2v) is 9.74. The second-order valence-electron chi connectivity index (χ2n) is 9.74. The van der Waals surface area contributed by atoms with Crippen LogP contribution >= 0.6 is 0 Å². The predicted molar refractivity (Wildman–Crippen MR) is 128 cm³/mol. The van der Waals surface area contributed by atoms with Crippen molar-refractivity contribution < 1.29 is 28.6 Å². The van der Waals surface area contributed by atoms with Gasteiger partial charge in [-0.25, -0.2) is 9.59 Å². The van der Waals surface area contributed by atoms with Gasteiger partial charge in [-0.15, -0.1) is 0 Å². The van der Waals surface area contributed by atoms with Crippen molar-refractivity contribution in [2.75, 3.05) is 39.5 Å². The number of nitrogens with one attached hydrogen (secondary N) is 2. The number of hydrogen-bond acceptors (Lipinski definition) is 7. The fourth-order valence-corrected chi connectivity index (χ4v) is 3.47. The number of hydrogen-bond donors (Lipinski definition) is 2. The van der Waals surface area contributed by atoms with Crippen LogP contribution in [0.1, 0.15) is 40.2 Å². The van der Waals surface area contributed by atoms with Crippen molar-refractivity contribution in [1.29, 1.82) is 0 Å². The molecule has 2 N–H and O–H groups in total. The molecule has 1 fully saturated rings. The molecule has 9 nitrogen and oxygen atoms in total. The van der Waals surface area contributed by atoms with Gasteiger partial charge in [0.1, 0.15) is 24.3 Å². The Morgan fingerprint density at radius 3 is 2.29 bits per heavy atom. The number of carbonyl (C=O) groups excluding carboxylic acids is 3. The lowest BCUT2D eigenvalue weighted by atomic mass is 10.0. The van der Waals surface area contributed by atoms with E-state index in [1.165, 1.54) is 0 Å². The summed E-state index contributed by atoms with van der Waals surface area (Å²) in [4.78, 5) is 40.5. The van der Waals surface area contributed by atoms with Crippen molar-refractivity contribution >= 4 is 18.0 Å². The van der Waals surface area contributed by atoms with Crippen molar-refractivity contribution in [2.24, 2.45) is 5.92 Å². The highest BCUT2D eigenvalue weighted by atomic mass is 16.6. The van der Waals surface area contributed by atoms with Gasteiger partial charge < -0.3 is 24.8 Å². The average molecular weight is 478 g/mol. The summed E-state index contributed by atoms with van der Waals surface area (Å²) in [5.41, 5.74) is 0.196. The molecule has 0 bridgehead atoms. The number of ether oxygens (including phenoxy) is 3. The van der Waals surface area contributed by atoms with Gasteiger partial charge in [0.05, 0.1) is 13.2 Å². The molecule has 190 valence electrons. The van der Waals surface area contributed by atoms with E-state index in [9.17, 15) is 14.4 Å². The molecule has 0 saturated carbocycles. The first-order valence-electron chi connectivity index (χ1n) is 11.9. The Labute approximate surface area is 202 Å². The summed E-state index contributed by atoms with van der Waals surface area (Å²) >= 11 is 0. The monoisotopic (exact) mass is 477 g/mol. The smallest absolute Gasteiger partial charge is 0.408 e. The van der Waals surface area contributed by atoms with Gasteiger partial charge in [0, 0.05) is 26.1 Å². The Hall–Kier alpha value is -2.65. The molecule has 1 aliphatic heterocycles. The van der Waals surface area contributed by atoms with Gasteiger partial charge in [-0.1, -0.05) is 44.2 Å². The molecule has 2 atom stereocenters. The lowest BCUT2D eigenvalue weighted by molar-refractivity contribution is -0.148. The lowest BCUT2D eigenvalue weighted by Crippen LogP contribution is -2.55. The van der Waals surface area contributed by atoms with Gasteiger partial charge in [-0.2, -0.15) is 0 Å². The quantitative estimate of drug-likeness (QED) is 0.497. The normalized spacial score (nSPS) is 16.4. The van der Waals surface area contributed by atoms with E-state index >= 15 is 0 Å². The largest absolute Gasteiger partial charge is 0.463 e. The van der Waals surface area contributed by atoms with Crippen LogP contribution < -0.4 is 10.6 Å². The molecule has 1 heterocycles. The van der Waals surface area contributed by atoms with Crippen LogP contribution in [-0.4, -0.2) is 80.0 Å². The highest BCUT2D eigenvalue weighted by Crippen LogP contribution is 2.11. The highest BCUT2D eigenvalue weighted by molar-refractivity contribution is 5.90. The summed E-state index contributed by atoms with van der Waals surface area (Å²) in [5.74, 6) is -1.20. The van der Waals surface area contributed by atoms with E-state index in [0.29, 0.717) is 19.8 Å². The van der Waals surface area contributed by atoms with Crippen molar-refractivity contribution in [3.8, 4) is 0 Å². The average Bonchev–Trinajstić information content (AvgIpc) is 2.77. The van der Waals surface area contributed by atoms with Gasteiger partial charge in [-0.3, -0.25) is 9.69 Å². The van der Waals surface area contributed by atoms with Crippen LogP contribution in [0.15, 0.2) is 30.3 Å². The first-order valence-corrected chi connectivity index (χ1v) is 11.9. The fraction of sp³-hybridized carbons (Fsp3) is 0.640. The van der Waals surface area contributed by atoms with E-state index in [0.717, 1.165) is 18.7 Å². The molecule has 34 heavy (non-hydrogen) atoms. The first kappa shape index (κ1) is 27.6. The van der Waals surface area contributed by atoms with Crippen molar-refractivity contribution in [2.45, 2.75) is 58.7 Å². The molecule has 2 amide bonds. The van der Waals surface area contributed by atoms with Crippen LogP contribution in [0.2, 0.25) is 0 Å². The maximum absolute atomic E-state index is 13.1. The zero-order valence-corrected chi connectivity index (χ0v) is 21.0. The number of esters is 1. The minimum atomic E-state index is -0.888. The molecule has 0 radical (unpaired) electrons. The van der Waals surface area contributed by atoms with E-state index in [1.54, 1.807) is 20.8 Å². The van der Waals surface area contributed by atoms with Crippen molar-refractivity contribution in [3.63, 3.8) is 0 Å². The molecule has 1 saturated heterocycles. The molecule has 1 aromatic rings. The van der Waals surface area contributed by atoms with Crippen LogP contribution in [0.3, 0.4) is 0 Å². The standard InChI is InChI=1S/C25H39N3O6/c1-18(2)21(27-24(31)34-25(3,4)5)22(29)26-20(17-19-9-7-6-8-10-19)23(30)33-16-13-28-11-14-32-15-12-28/h6-10,18,20-21H,11-17H2,1-5H3,(H,26,29)(H,27,31)/t20-,21-/m0/s1. The minimum Gasteiger partial charge on any atom is -0.463 e. The van der Waals surface area contributed by atoms with Gasteiger partial charge in [0.2, 0.25) is 5.91 Å². The number of nitrogens with zero attached hydrogens (tertiary/aromatic N) is 1. The SMILES string of the molecule is CC(C)[C@H](NC(=O)OC(C)(C)C)C(=O)N[C@@H](Cc1ccccc1)C(=O)OCCN1CCOCC1. The van der Waals surface area contributed by atoms with Gasteiger partial charge in [0.25, 0.3) is 0 Å². The molecule has 0 aromatic heterocycles. The third-order valence-electron chi connectivity index (χ3n) is 5.26. The third kappa shape index (κ3) is 10.1. The van der Waals surface area contributed by atoms with E-state index in [4.69, 9.17) is 14.2 Å². The number of benzene rings is 1. The van der Waals surface area contributed by atoms with Crippen LogP contribution in [0.25, 0.3) is 0 Å². The molecule has 0 unspecified atom stereocenters. The number of morpholine rings is 1. The summed E-state index contributed by atoms with van der Waals surface area (Å²) < 4.78 is 16.1. The molecular weight excluding hydrogens is 438 g/mol. The van der Waals surface area contributed by atoms with Crippen LogP contribution in [0.4, 0.5) is 4.79 Å². The Bertz CT molecular complexity index is 788. The number of amides is 2. The summed E-state index contributed by atoms with van der Waals surface area (Å²) in [6.45, 7) is 12.6. The molecule has 0 spiro atoms. The molecule has 1 aromatic carbocycles. The summed E-state index contributed by atoms with van der Waals surface area (Å²) in [5, 5.41) is 5.41. The van der Waals surface area contributed by atoms with Crippen LogP contribution in [-0.2, 0) is 30.2 Å². The van der Waals surface area contributed by atoms with Crippen LogP contribution in [0.5, 0.6) is 0 Å². The van der Waals surface area contributed by atoms with Gasteiger partial charge in [0.15, 0.2) is 0 Å². The molecule has 0 aliphatic carbocycles. The van der Waals surface area contributed by atoms with Crippen LogP contribution in [0, 0.1) is 5.92 Å². The maximum atomic E-state index is 13.1. The minimum absolute atomic E-state index is 0.220. The number of carbonyl (C=O) groups is 3. The van der Waals surface area contributed by atoms with Gasteiger partial charge >= 0.3 is 12.1 Å². The molecule has 1 aliphatic rings. The molecule has 2 rings (SSSR count). The summed E-state index contributed by atoms with van der Waals surface area (Å²) in [7, 11) is 0. The zero-order valence-electron chi connectivity index (χ0n) is 21.0. The highest BCUT2D eigenvalue weighted by Gasteiger charge is 2.31.